The van der Waals surface area contributed by atoms with Crippen molar-refractivity contribution >= 4 is 6.09 Å². The van der Waals surface area contributed by atoms with Gasteiger partial charge in [0.2, 0.25) is 0 Å². The van der Waals surface area contributed by atoms with Crippen LogP contribution >= 0.6 is 0 Å². The molecule has 1 aromatic rings. The number of amides is 1. The fourth-order valence-electron chi connectivity index (χ4n) is 1.34. The molecule has 5 nitrogen and oxygen atoms in total. The molecular formula is C11H10N2O3. The molecule has 1 N–H and O–H groups in total. The number of carbonyl (C=O) groups excluding carboxylic acids is 1. The summed E-state index contributed by atoms with van der Waals surface area (Å²) in [6, 6.07) is 8.79. The maximum absolute atomic E-state index is 10.7. The van der Waals surface area contributed by atoms with Crippen molar-refractivity contribution in [1.82, 2.24) is 5.32 Å². The predicted octanol–water partition coefficient (Wildman–Crippen LogP) is 1.05. The zero-order valence-electron chi connectivity index (χ0n) is 8.47. The molecule has 1 aromatic carbocycles. The lowest BCUT2D eigenvalue weighted by atomic mass is 10.2. The molecule has 1 amide bonds. The summed E-state index contributed by atoms with van der Waals surface area (Å²) in [5, 5.41) is 11.1. The Morgan fingerprint density at radius 3 is 2.81 bits per heavy atom. The lowest BCUT2D eigenvalue weighted by Gasteiger charge is -2.09. The van der Waals surface area contributed by atoms with Crippen molar-refractivity contribution in [2.75, 3.05) is 13.2 Å². The van der Waals surface area contributed by atoms with Crippen molar-refractivity contribution < 1.29 is 14.3 Å². The van der Waals surface area contributed by atoms with Crippen LogP contribution in [0.2, 0.25) is 0 Å². The van der Waals surface area contributed by atoms with Crippen LogP contribution in [-0.4, -0.2) is 25.3 Å². The lowest BCUT2D eigenvalue weighted by molar-refractivity contribution is 0.105. The number of ether oxygens (including phenoxy) is 2. The SMILES string of the molecule is N#Cc1ccc(OCC2CNC(=O)O2)cc1. The van der Waals surface area contributed by atoms with Crippen LogP contribution in [0, 0.1) is 11.3 Å². The van der Waals surface area contributed by atoms with Gasteiger partial charge < -0.3 is 14.8 Å². The first kappa shape index (κ1) is 10.3. The maximum atomic E-state index is 10.7. The van der Waals surface area contributed by atoms with Crippen LogP contribution in [0.4, 0.5) is 4.79 Å². The normalized spacial score (nSPS) is 18.4. The van der Waals surface area contributed by atoms with E-state index >= 15 is 0 Å². The molecule has 5 heteroatoms. The molecule has 1 saturated heterocycles. The summed E-state index contributed by atoms with van der Waals surface area (Å²) in [5.41, 5.74) is 0.585. The maximum Gasteiger partial charge on any atom is 0.407 e. The van der Waals surface area contributed by atoms with Crippen LogP contribution in [0.15, 0.2) is 24.3 Å². The molecule has 82 valence electrons. The van der Waals surface area contributed by atoms with Gasteiger partial charge in [-0.3, -0.25) is 0 Å². The highest BCUT2D eigenvalue weighted by Gasteiger charge is 2.22. The first-order chi connectivity index (χ1) is 7.78. The highest BCUT2D eigenvalue weighted by molar-refractivity contribution is 5.69. The van der Waals surface area contributed by atoms with Gasteiger partial charge in [0, 0.05) is 0 Å². The summed E-state index contributed by atoms with van der Waals surface area (Å²) in [6.07, 6.45) is -0.656. The summed E-state index contributed by atoms with van der Waals surface area (Å²) in [6.45, 7) is 0.778. The van der Waals surface area contributed by atoms with Crippen LogP contribution in [0.25, 0.3) is 0 Å². The van der Waals surface area contributed by atoms with Crippen LogP contribution in [0.5, 0.6) is 5.75 Å². The quantitative estimate of drug-likeness (QED) is 0.822. The smallest absolute Gasteiger partial charge is 0.407 e. The topological polar surface area (TPSA) is 71.3 Å². The van der Waals surface area contributed by atoms with E-state index in [0.29, 0.717) is 24.5 Å². The standard InChI is InChI=1S/C11H10N2O3/c12-5-8-1-3-9(4-2-8)15-7-10-6-13-11(14)16-10/h1-4,10H,6-7H2,(H,13,14). The second-order valence-corrected chi connectivity index (χ2v) is 3.36. The Bertz CT molecular complexity index is 422. The van der Waals surface area contributed by atoms with E-state index in [0.717, 1.165) is 0 Å². The van der Waals surface area contributed by atoms with Gasteiger partial charge in [-0.05, 0) is 24.3 Å². The minimum Gasteiger partial charge on any atom is -0.490 e. The number of nitrogens with one attached hydrogen (secondary N) is 1. The molecule has 1 fully saturated rings. The number of nitriles is 1. The second kappa shape index (κ2) is 4.53. The zero-order valence-corrected chi connectivity index (χ0v) is 8.47. The number of rotatable bonds is 3. The van der Waals surface area contributed by atoms with Gasteiger partial charge in [-0.2, -0.15) is 5.26 Å². The van der Waals surface area contributed by atoms with Crippen molar-refractivity contribution in [1.29, 1.82) is 5.26 Å². The molecular weight excluding hydrogens is 208 g/mol. The number of benzene rings is 1. The number of cyclic esters (lactones) is 1. The van der Waals surface area contributed by atoms with E-state index < -0.39 is 6.09 Å². The zero-order chi connectivity index (χ0) is 11.4. The molecule has 16 heavy (non-hydrogen) atoms. The summed E-state index contributed by atoms with van der Waals surface area (Å²) >= 11 is 0. The molecule has 0 spiro atoms. The molecule has 1 aliphatic heterocycles. The van der Waals surface area contributed by atoms with E-state index in [1.54, 1.807) is 24.3 Å². The van der Waals surface area contributed by atoms with Crippen molar-refractivity contribution in [3.8, 4) is 11.8 Å². The predicted molar refractivity (Wildman–Crippen MR) is 54.9 cm³/mol. The van der Waals surface area contributed by atoms with Crippen LogP contribution in [0.1, 0.15) is 5.56 Å². The summed E-state index contributed by atoms with van der Waals surface area (Å²) in [5.74, 6) is 0.655. The Kier molecular flexibility index (Phi) is 2.92. The molecule has 1 aliphatic rings. The van der Waals surface area contributed by atoms with Gasteiger partial charge in [-0.25, -0.2) is 4.79 Å². The number of alkyl carbamates (subject to hydrolysis) is 1. The lowest BCUT2D eigenvalue weighted by Crippen LogP contribution is -2.21. The average molecular weight is 218 g/mol. The fraction of sp³-hybridized carbons (Fsp3) is 0.273. The van der Waals surface area contributed by atoms with E-state index in [4.69, 9.17) is 14.7 Å². The monoisotopic (exact) mass is 218 g/mol. The van der Waals surface area contributed by atoms with Gasteiger partial charge in [0.25, 0.3) is 0 Å². The Morgan fingerprint density at radius 1 is 1.50 bits per heavy atom. The van der Waals surface area contributed by atoms with Gasteiger partial charge in [0.1, 0.15) is 12.4 Å². The average Bonchev–Trinajstić information content (AvgIpc) is 2.73. The molecule has 0 aromatic heterocycles. The third-order valence-corrected chi connectivity index (χ3v) is 2.17. The largest absolute Gasteiger partial charge is 0.490 e. The molecule has 0 aliphatic carbocycles. The van der Waals surface area contributed by atoms with Gasteiger partial charge in [0.05, 0.1) is 18.2 Å². The van der Waals surface area contributed by atoms with E-state index in [1.807, 2.05) is 6.07 Å². The fourth-order valence-corrected chi connectivity index (χ4v) is 1.34. The van der Waals surface area contributed by atoms with E-state index in [2.05, 4.69) is 5.32 Å². The van der Waals surface area contributed by atoms with Crippen LogP contribution < -0.4 is 10.1 Å². The highest BCUT2D eigenvalue weighted by Crippen LogP contribution is 2.12. The van der Waals surface area contributed by atoms with E-state index in [-0.39, 0.29) is 6.10 Å². The molecule has 1 heterocycles. The molecule has 1 unspecified atom stereocenters. The summed E-state index contributed by atoms with van der Waals surface area (Å²) < 4.78 is 10.3. The Balaban J connectivity index is 1.85. The third kappa shape index (κ3) is 2.42. The van der Waals surface area contributed by atoms with Gasteiger partial charge in [0.15, 0.2) is 6.10 Å². The Labute approximate surface area is 92.6 Å². The van der Waals surface area contributed by atoms with Crippen molar-refractivity contribution in [2.24, 2.45) is 0 Å². The first-order valence-corrected chi connectivity index (χ1v) is 4.85. The molecule has 0 radical (unpaired) electrons. The number of hydrogen-bond acceptors (Lipinski definition) is 4. The van der Waals surface area contributed by atoms with Crippen molar-refractivity contribution in [3.05, 3.63) is 29.8 Å². The van der Waals surface area contributed by atoms with Gasteiger partial charge >= 0.3 is 6.09 Å². The summed E-state index contributed by atoms with van der Waals surface area (Å²) in [4.78, 5) is 10.7. The van der Waals surface area contributed by atoms with E-state index in [1.165, 1.54) is 0 Å². The van der Waals surface area contributed by atoms with Crippen LogP contribution in [0.3, 0.4) is 0 Å². The Hall–Kier alpha value is -2.22. The van der Waals surface area contributed by atoms with E-state index in [9.17, 15) is 4.79 Å². The number of carbonyl (C=O) groups is 1. The second-order valence-electron chi connectivity index (χ2n) is 3.36. The molecule has 1 atom stereocenters. The molecule has 0 saturated carbocycles. The Morgan fingerprint density at radius 2 is 2.25 bits per heavy atom. The number of nitrogens with zero attached hydrogens (tertiary/aromatic N) is 1. The highest BCUT2D eigenvalue weighted by atomic mass is 16.6. The van der Waals surface area contributed by atoms with Crippen molar-refractivity contribution in [2.45, 2.75) is 6.10 Å². The minimum atomic E-state index is -0.409. The van der Waals surface area contributed by atoms with Gasteiger partial charge in [-0.1, -0.05) is 0 Å². The van der Waals surface area contributed by atoms with Crippen LogP contribution in [-0.2, 0) is 4.74 Å². The minimum absolute atomic E-state index is 0.247. The third-order valence-electron chi connectivity index (χ3n) is 2.17. The van der Waals surface area contributed by atoms with Crippen molar-refractivity contribution in [3.63, 3.8) is 0 Å². The molecule has 0 bridgehead atoms. The number of hydrogen-bond donors (Lipinski definition) is 1. The molecule has 2 rings (SSSR count). The summed E-state index contributed by atoms with van der Waals surface area (Å²) in [7, 11) is 0. The van der Waals surface area contributed by atoms with Gasteiger partial charge in [-0.15, -0.1) is 0 Å². The first-order valence-electron chi connectivity index (χ1n) is 4.85.